The van der Waals surface area contributed by atoms with Gasteiger partial charge < -0.3 is 10.1 Å². The fourth-order valence-electron chi connectivity index (χ4n) is 3.50. The van der Waals surface area contributed by atoms with E-state index >= 15 is 0 Å². The van der Waals surface area contributed by atoms with Crippen LogP contribution in [0, 0.1) is 0 Å². The van der Waals surface area contributed by atoms with Crippen molar-refractivity contribution in [3.05, 3.63) is 0 Å². The van der Waals surface area contributed by atoms with Crippen molar-refractivity contribution in [1.82, 2.24) is 10.2 Å². The van der Waals surface area contributed by atoms with Crippen LogP contribution >= 0.6 is 0 Å². The Morgan fingerprint density at radius 2 is 1.78 bits per heavy atom. The largest absolute Gasteiger partial charge is 0.378 e. The lowest BCUT2D eigenvalue weighted by Gasteiger charge is -2.41. The molecule has 3 nitrogen and oxygen atoms in total. The maximum Gasteiger partial charge on any atom is 0.0635 e. The van der Waals surface area contributed by atoms with Gasteiger partial charge in [-0.2, -0.15) is 0 Å². The number of hydrogen-bond acceptors (Lipinski definition) is 3. The highest BCUT2D eigenvalue weighted by atomic mass is 16.5. The summed E-state index contributed by atoms with van der Waals surface area (Å²) >= 11 is 0. The normalized spacial score (nSPS) is 32.3. The van der Waals surface area contributed by atoms with Gasteiger partial charge in [-0.1, -0.05) is 25.7 Å². The molecule has 3 heteroatoms. The molecule has 1 aliphatic heterocycles. The van der Waals surface area contributed by atoms with Gasteiger partial charge in [0.2, 0.25) is 0 Å². The number of nitrogens with one attached hydrogen (secondary N) is 1. The quantitative estimate of drug-likeness (QED) is 0.776. The fraction of sp³-hybridized carbons (Fsp3) is 1.00. The van der Waals surface area contributed by atoms with Crippen LogP contribution < -0.4 is 5.32 Å². The van der Waals surface area contributed by atoms with Gasteiger partial charge >= 0.3 is 0 Å². The number of nitrogens with zero attached hydrogens (tertiary/aromatic N) is 1. The van der Waals surface area contributed by atoms with Gasteiger partial charge in [0.1, 0.15) is 0 Å². The average molecular weight is 252 g/mol. The van der Waals surface area contributed by atoms with Crippen LogP contribution in [0.5, 0.6) is 0 Å². The van der Waals surface area contributed by atoms with E-state index in [0.717, 1.165) is 38.4 Å². The lowest BCUT2D eigenvalue weighted by molar-refractivity contribution is -0.0311. The van der Waals surface area contributed by atoms with Crippen molar-refractivity contribution in [3.8, 4) is 0 Å². The van der Waals surface area contributed by atoms with Gasteiger partial charge in [0.05, 0.1) is 13.2 Å². The van der Waals surface area contributed by atoms with E-state index in [2.05, 4.69) is 10.2 Å². The maximum absolute atomic E-state index is 5.71. The number of ether oxygens (including phenoxy) is 1. The van der Waals surface area contributed by atoms with Gasteiger partial charge in [-0.3, -0.25) is 4.90 Å². The molecule has 18 heavy (non-hydrogen) atoms. The minimum atomic E-state index is 0.627. The number of morpholine rings is 1. The highest BCUT2D eigenvalue weighted by Crippen LogP contribution is 2.25. The molecule has 3 rings (SSSR count). The van der Waals surface area contributed by atoms with Gasteiger partial charge in [0.15, 0.2) is 0 Å². The summed E-state index contributed by atoms with van der Waals surface area (Å²) in [5, 5.41) is 3.69. The van der Waals surface area contributed by atoms with E-state index in [9.17, 15) is 0 Å². The Morgan fingerprint density at radius 3 is 2.50 bits per heavy atom. The van der Waals surface area contributed by atoms with Crippen LogP contribution in [0.2, 0.25) is 0 Å². The van der Waals surface area contributed by atoms with Crippen LogP contribution in [-0.2, 0) is 4.74 Å². The summed E-state index contributed by atoms with van der Waals surface area (Å²) in [6.07, 6.45) is 11.4. The van der Waals surface area contributed by atoms with E-state index in [1.807, 2.05) is 0 Å². The molecule has 2 saturated carbocycles. The molecule has 1 heterocycles. The summed E-state index contributed by atoms with van der Waals surface area (Å²) in [5.74, 6) is 0. The first-order valence-electron chi connectivity index (χ1n) is 8.00. The molecule has 104 valence electrons. The molecule has 1 unspecified atom stereocenters. The molecule has 0 aromatic carbocycles. The summed E-state index contributed by atoms with van der Waals surface area (Å²) in [5.41, 5.74) is 0. The third kappa shape index (κ3) is 3.46. The molecule has 0 radical (unpaired) electrons. The minimum Gasteiger partial charge on any atom is -0.378 e. The van der Waals surface area contributed by atoms with Crippen molar-refractivity contribution in [2.45, 2.75) is 69.5 Å². The fourth-order valence-corrected chi connectivity index (χ4v) is 3.50. The van der Waals surface area contributed by atoms with E-state index < -0.39 is 0 Å². The predicted octanol–water partition coefficient (Wildman–Crippen LogP) is 2.16. The van der Waals surface area contributed by atoms with Crippen LogP contribution in [0.15, 0.2) is 0 Å². The van der Waals surface area contributed by atoms with Gasteiger partial charge in [-0.05, 0) is 25.7 Å². The zero-order valence-electron chi connectivity index (χ0n) is 11.6. The summed E-state index contributed by atoms with van der Waals surface area (Å²) in [6, 6.07) is 2.28. The van der Waals surface area contributed by atoms with Gasteiger partial charge in [0.25, 0.3) is 0 Å². The van der Waals surface area contributed by atoms with Crippen LogP contribution in [0.4, 0.5) is 0 Å². The van der Waals surface area contributed by atoms with Crippen LogP contribution in [0.25, 0.3) is 0 Å². The molecular weight excluding hydrogens is 224 g/mol. The smallest absolute Gasteiger partial charge is 0.0635 e. The topological polar surface area (TPSA) is 24.5 Å². The number of rotatable bonds is 4. The Morgan fingerprint density at radius 1 is 1.00 bits per heavy atom. The lowest BCUT2D eigenvalue weighted by atomic mass is 10.0. The molecule has 1 atom stereocenters. The minimum absolute atomic E-state index is 0.627. The second kappa shape index (κ2) is 6.36. The van der Waals surface area contributed by atoms with Crippen LogP contribution in [-0.4, -0.2) is 49.3 Å². The zero-order valence-corrected chi connectivity index (χ0v) is 11.6. The molecular formula is C15H28N2O. The van der Waals surface area contributed by atoms with Crippen molar-refractivity contribution < 1.29 is 4.74 Å². The zero-order chi connectivity index (χ0) is 12.2. The number of hydrogen-bond donors (Lipinski definition) is 1. The first-order valence-corrected chi connectivity index (χ1v) is 8.00. The average Bonchev–Trinajstić information content (AvgIpc) is 3.24. The van der Waals surface area contributed by atoms with E-state index in [1.165, 1.54) is 51.4 Å². The third-order valence-corrected chi connectivity index (χ3v) is 4.79. The summed E-state index contributed by atoms with van der Waals surface area (Å²) in [7, 11) is 0. The highest BCUT2D eigenvalue weighted by molar-refractivity contribution is 4.88. The molecule has 0 aromatic heterocycles. The Labute approximate surface area is 111 Å². The maximum atomic E-state index is 5.71. The molecule has 3 aliphatic rings. The molecule has 0 aromatic rings. The Hall–Kier alpha value is -0.120. The SMILES string of the molecule is C1CCCC(N2CCOCC2CNC2CC2)CC1. The molecule has 0 bridgehead atoms. The van der Waals surface area contributed by atoms with Crippen molar-refractivity contribution in [1.29, 1.82) is 0 Å². The monoisotopic (exact) mass is 252 g/mol. The summed E-state index contributed by atoms with van der Waals surface area (Å²) in [6.45, 7) is 4.18. The van der Waals surface area contributed by atoms with Crippen LogP contribution in [0.3, 0.4) is 0 Å². The van der Waals surface area contributed by atoms with E-state index in [-0.39, 0.29) is 0 Å². The van der Waals surface area contributed by atoms with Gasteiger partial charge in [-0.25, -0.2) is 0 Å². The summed E-state index contributed by atoms with van der Waals surface area (Å²) in [4.78, 5) is 2.77. The Bertz CT molecular complexity index is 247. The Balaban J connectivity index is 1.54. The molecule has 0 amide bonds. The standard InChI is InChI=1S/C15H28N2O/c1-2-4-6-14(5-3-1)17-9-10-18-12-15(17)11-16-13-7-8-13/h13-16H,1-12H2. The molecule has 1 N–H and O–H groups in total. The summed E-state index contributed by atoms with van der Waals surface area (Å²) < 4.78 is 5.71. The third-order valence-electron chi connectivity index (χ3n) is 4.79. The molecule has 1 saturated heterocycles. The predicted molar refractivity (Wildman–Crippen MR) is 73.8 cm³/mol. The first kappa shape index (κ1) is 12.9. The first-order chi connectivity index (χ1) is 8.93. The Kier molecular flexibility index (Phi) is 4.55. The van der Waals surface area contributed by atoms with Gasteiger partial charge in [0, 0.05) is 31.2 Å². The molecule has 0 spiro atoms. The van der Waals surface area contributed by atoms with Crippen molar-refractivity contribution in [3.63, 3.8) is 0 Å². The molecule has 3 fully saturated rings. The highest BCUT2D eigenvalue weighted by Gasteiger charge is 2.31. The van der Waals surface area contributed by atoms with Gasteiger partial charge in [-0.15, -0.1) is 0 Å². The van der Waals surface area contributed by atoms with E-state index in [0.29, 0.717) is 6.04 Å². The second-order valence-corrected chi connectivity index (χ2v) is 6.29. The lowest BCUT2D eigenvalue weighted by Crippen LogP contribution is -2.54. The van der Waals surface area contributed by atoms with E-state index in [4.69, 9.17) is 4.74 Å². The van der Waals surface area contributed by atoms with Crippen molar-refractivity contribution >= 4 is 0 Å². The van der Waals surface area contributed by atoms with E-state index in [1.54, 1.807) is 0 Å². The second-order valence-electron chi connectivity index (χ2n) is 6.29. The van der Waals surface area contributed by atoms with Crippen molar-refractivity contribution in [2.24, 2.45) is 0 Å². The van der Waals surface area contributed by atoms with Crippen LogP contribution in [0.1, 0.15) is 51.4 Å². The van der Waals surface area contributed by atoms with Crippen molar-refractivity contribution in [2.75, 3.05) is 26.3 Å². The molecule has 2 aliphatic carbocycles.